The van der Waals surface area contributed by atoms with Gasteiger partial charge in [0.1, 0.15) is 11.4 Å². The van der Waals surface area contributed by atoms with Crippen LogP contribution in [0, 0.1) is 13.8 Å². The first-order valence-corrected chi connectivity index (χ1v) is 9.68. The number of benzene rings is 1. The number of amides is 1. The van der Waals surface area contributed by atoms with Crippen LogP contribution in [0.15, 0.2) is 35.4 Å². The Labute approximate surface area is 155 Å². The quantitative estimate of drug-likeness (QED) is 0.773. The van der Waals surface area contributed by atoms with Crippen LogP contribution >= 0.6 is 11.3 Å². The van der Waals surface area contributed by atoms with Crippen LogP contribution in [0.5, 0.6) is 0 Å². The summed E-state index contributed by atoms with van der Waals surface area (Å²) in [5.74, 6) is -0.153. The number of fused-ring (bicyclic) bond motifs is 2. The number of rotatable bonds is 3. The largest absolute Gasteiger partial charge is 0.348 e. The molecule has 0 fully saturated rings. The normalized spacial score (nSPS) is 16.5. The molecule has 1 aliphatic carbocycles. The maximum absolute atomic E-state index is 12.7. The monoisotopic (exact) mass is 367 g/mol. The number of nitrogens with one attached hydrogen (secondary N) is 1. The van der Waals surface area contributed by atoms with Crippen molar-refractivity contribution in [2.45, 2.75) is 45.7 Å². The topological polar surface area (TPSA) is 64.0 Å². The molecular formula is C20H21N3O2S. The number of carbonyl (C=O) groups is 1. The molecule has 2 heterocycles. The molecule has 1 amide bonds. The van der Waals surface area contributed by atoms with Gasteiger partial charge in [0.25, 0.3) is 5.56 Å². The molecule has 4 rings (SSSR count). The Bertz CT molecular complexity index is 1050. The molecule has 0 spiro atoms. The van der Waals surface area contributed by atoms with Crippen LogP contribution in [0.25, 0.3) is 10.2 Å². The fraction of sp³-hybridized carbons (Fsp3) is 0.350. The van der Waals surface area contributed by atoms with Gasteiger partial charge in [-0.1, -0.05) is 24.3 Å². The van der Waals surface area contributed by atoms with E-state index in [-0.39, 0.29) is 24.1 Å². The summed E-state index contributed by atoms with van der Waals surface area (Å²) in [6.45, 7) is 3.91. The molecule has 0 saturated heterocycles. The summed E-state index contributed by atoms with van der Waals surface area (Å²) in [7, 11) is 0. The third kappa shape index (κ3) is 2.94. The lowest BCUT2D eigenvalue weighted by Crippen LogP contribution is -2.36. The number of aromatic nitrogens is 2. The van der Waals surface area contributed by atoms with Crippen LogP contribution in [-0.2, 0) is 17.8 Å². The zero-order chi connectivity index (χ0) is 18.3. The fourth-order valence-electron chi connectivity index (χ4n) is 3.68. The Kier molecular flexibility index (Phi) is 4.36. The van der Waals surface area contributed by atoms with Crippen LogP contribution in [-0.4, -0.2) is 15.5 Å². The highest BCUT2D eigenvalue weighted by molar-refractivity contribution is 7.18. The third-order valence-electron chi connectivity index (χ3n) is 5.17. The van der Waals surface area contributed by atoms with Gasteiger partial charge in [-0.2, -0.15) is 0 Å². The van der Waals surface area contributed by atoms with Crippen molar-refractivity contribution < 1.29 is 4.79 Å². The Morgan fingerprint density at radius 1 is 1.35 bits per heavy atom. The molecule has 6 heteroatoms. The average Bonchev–Trinajstić information content (AvgIpc) is 2.93. The molecule has 2 aromatic heterocycles. The second-order valence-electron chi connectivity index (χ2n) is 6.85. The highest BCUT2D eigenvalue weighted by atomic mass is 32.1. The van der Waals surface area contributed by atoms with E-state index in [1.165, 1.54) is 33.4 Å². The summed E-state index contributed by atoms with van der Waals surface area (Å²) >= 11 is 1.52. The van der Waals surface area contributed by atoms with E-state index in [0.29, 0.717) is 5.39 Å². The van der Waals surface area contributed by atoms with E-state index < -0.39 is 0 Å². The molecule has 1 atom stereocenters. The molecule has 1 aromatic carbocycles. The molecule has 1 N–H and O–H groups in total. The van der Waals surface area contributed by atoms with Crippen LogP contribution < -0.4 is 10.9 Å². The Hall–Kier alpha value is -2.47. The van der Waals surface area contributed by atoms with Crippen LogP contribution in [0.1, 0.15) is 40.5 Å². The molecule has 0 bridgehead atoms. The van der Waals surface area contributed by atoms with Crippen molar-refractivity contribution in [2.24, 2.45) is 0 Å². The molecule has 0 aliphatic heterocycles. The fourth-order valence-corrected chi connectivity index (χ4v) is 4.67. The van der Waals surface area contributed by atoms with Crippen molar-refractivity contribution in [1.29, 1.82) is 0 Å². The molecule has 0 radical (unpaired) electrons. The maximum atomic E-state index is 12.7. The van der Waals surface area contributed by atoms with E-state index in [2.05, 4.69) is 22.4 Å². The Balaban J connectivity index is 1.56. The minimum atomic E-state index is -0.153. The van der Waals surface area contributed by atoms with Crippen molar-refractivity contribution in [2.75, 3.05) is 0 Å². The molecule has 1 aliphatic rings. The molecule has 5 nitrogen and oxygen atoms in total. The summed E-state index contributed by atoms with van der Waals surface area (Å²) in [4.78, 5) is 31.5. The number of hydrogen-bond acceptors (Lipinski definition) is 4. The van der Waals surface area contributed by atoms with Gasteiger partial charge >= 0.3 is 0 Å². The van der Waals surface area contributed by atoms with Crippen molar-refractivity contribution >= 4 is 27.5 Å². The summed E-state index contributed by atoms with van der Waals surface area (Å²) in [5.41, 5.74) is 3.31. The van der Waals surface area contributed by atoms with Crippen molar-refractivity contribution in [3.8, 4) is 0 Å². The van der Waals surface area contributed by atoms with E-state index >= 15 is 0 Å². The predicted molar refractivity (Wildman–Crippen MR) is 104 cm³/mol. The standard InChI is InChI=1S/C20H21N3O2S/c1-12-13(2)26-19-18(12)20(25)23(11-21-19)10-17(24)22-16-9-5-7-14-6-3-4-8-15(14)16/h3-4,6,8,11,16H,5,7,9-10H2,1-2H3,(H,22,24)/t16-/m1/s1. The van der Waals surface area contributed by atoms with Gasteiger partial charge in [-0.15, -0.1) is 11.3 Å². The summed E-state index contributed by atoms with van der Waals surface area (Å²) in [6.07, 6.45) is 4.52. The first kappa shape index (κ1) is 17.0. The lowest BCUT2D eigenvalue weighted by Gasteiger charge is -2.26. The first-order chi connectivity index (χ1) is 12.5. The Morgan fingerprint density at radius 3 is 3.00 bits per heavy atom. The number of carbonyl (C=O) groups excluding carboxylic acids is 1. The van der Waals surface area contributed by atoms with Crippen LogP contribution in [0.4, 0.5) is 0 Å². The van der Waals surface area contributed by atoms with E-state index in [1.807, 2.05) is 26.0 Å². The Morgan fingerprint density at radius 2 is 2.15 bits per heavy atom. The van der Waals surface area contributed by atoms with Crippen molar-refractivity contribution in [1.82, 2.24) is 14.9 Å². The van der Waals surface area contributed by atoms with E-state index in [4.69, 9.17) is 0 Å². The van der Waals surface area contributed by atoms with E-state index in [0.717, 1.165) is 34.5 Å². The second-order valence-corrected chi connectivity index (χ2v) is 8.06. The van der Waals surface area contributed by atoms with Gasteiger partial charge < -0.3 is 5.32 Å². The SMILES string of the molecule is Cc1sc2ncn(CC(=O)N[C@@H]3CCCc4ccccc43)c(=O)c2c1C. The van der Waals surface area contributed by atoms with Crippen LogP contribution in [0.3, 0.4) is 0 Å². The highest BCUT2D eigenvalue weighted by Crippen LogP contribution is 2.29. The summed E-state index contributed by atoms with van der Waals surface area (Å²) in [5, 5.41) is 3.73. The number of thiophene rings is 1. The summed E-state index contributed by atoms with van der Waals surface area (Å²) in [6, 6.07) is 8.26. The predicted octanol–water partition coefficient (Wildman–Crippen LogP) is 3.27. The smallest absolute Gasteiger partial charge is 0.262 e. The minimum absolute atomic E-state index is 0.00518. The summed E-state index contributed by atoms with van der Waals surface area (Å²) < 4.78 is 1.41. The van der Waals surface area contributed by atoms with Gasteiger partial charge in [-0.3, -0.25) is 14.2 Å². The second kappa shape index (κ2) is 6.68. The lowest BCUT2D eigenvalue weighted by molar-refractivity contribution is -0.122. The van der Waals surface area contributed by atoms with Gasteiger partial charge in [0.15, 0.2) is 0 Å². The molecule has 134 valence electrons. The van der Waals surface area contributed by atoms with Gasteiger partial charge in [-0.25, -0.2) is 4.98 Å². The van der Waals surface area contributed by atoms with Crippen molar-refractivity contribution in [3.05, 3.63) is 62.5 Å². The number of aryl methyl sites for hydroxylation is 3. The van der Waals surface area contributed by atoms with Crippen molar-refractivity contribution in [3.63, 3.8) is 0 Å². The van der Waals surface area contributed by atoms with Gasteiger partial charge in [0.2, 0.25) is 5.91 Å². The highest BCUT2D eigenvalue weighted by Gasteiger charge is 2.22. The van der Waals surface area contributed by atoms with Crippen LogP contribution in [0.2, 0.25) is 0 Å². The zero-order valence-electron chi connectivity index (χ0n) is 14.9. The maximum Gasteiger partial charge on any atom is 0.262 e. The van der Waals surface area contributed by atoms with Gasteiger partial charge in [0, 0.05) is 4.88 Å². The van der Waals surface area contributed by atoms with E-state index in [9.17, 15) is 9.59 Å². The van der Waals surface area contributed by atoms with Gasteiger partial charge in [0.05, 0.1) is 17.8 Å². The molecule has 0 saturated carbocycles. The molecule has 26 heavy (non-hydrogen) atoms. The first-order valence-electron chi connectivity index (χ1n) is 8.87. The zero-order valence-corrected chi connectivity index (χ0v) is 15.7. The molecule has 0 unspecified atom stereocenters. The average molecular weight is 367 g/mol. The number of hydrogen-bond donors (Lipinski definition) is 1. The van der Waals surface area contributed by atoms with E-state index in [1.54, 1.807) is 0 Å². The number of nitrogens with zero attached hydrogens (tertiary/aromatic N) is 2. The third-order valence-corrected chi connectivity index (χ3v) is 6.29. The van der Waals surface area contributed by atoms with Gasteiger partial charge in [-0.05, 0) is 49.8 Å². The lowest BCUT2D eigenvalue weighted by atomic mass is 9.88. The molecular weight excluding hydrogens is 346 g/mol. The minimum Gasteiger partial charge on any atom is -0.348 e. The molecule has 3 aromatic rings.